The average molecular weight is 290 g/mol. The minimum atomic E-state index is 0.357. The van der Waals surface area contributed by atoms with Crippen molar-refractivity contribution in [3.8, 4) is 0 Å². The molecular weight excluding hydrogens is 264 g/mol. The molecule has 0 aromatic heterocycles. The monoisotopic (exact) mass is 290 g/mol. The molecule has 18 heavy (non-hydrogen) atoms. The van der Waals surface area contributed by atoms with E-state index in [4.69, 9.17) is 5.73 Å². The van der Waals surface area contributed by atoms with Gasteiger partial charge < -0.3 is 10.6 Å². The SMILES string of the molecule is CC[C@@H]1C[C@@H](C)CN1C(=O)CCCSSCCN. The number of carbonyl (C=O) groups excluding carboxylic acids is 1. The van der Waals surface area contributed by atoms with E-state index in [0.717, 1.165) is 37.4 Å². The van der Waals surface area contributed by atoms with E-state index in [0.29, 0.717) is 24.3 Å². The molecule has 0 aromatic rings. The molecule has 1 aliphatic rings. The number of nitrogens with zero attached hydrogens (tertiary/aromatic N) is 1. The van der Waals surface area contributed by atoms with Crippen LogP contribution in [-0.4, -0.2) is 41.4 Å². The molecule has 0 bridgehead atoms. The Kier molecular flexibility index (Phi) is 8.18. The van der Waals surface area contributed by atoms with Crippen molar-refractivity contribution in [3.05, 3.63) is 0 Å². The van der Waals surface area contributed by atoms with Gasteiger partial charge in [0.15, 0.2) is 0 Å². The van der Waals surface area contributed by atoms with Crippen molar-refractivity contribution < 1.29 is 4.79 Å². The topological polar surface area (TPSA) is 46.3 Å². The van der Waals surface area contributed by atoms with Crippen LogP contribution in [0.1, 0.15) is 39.5 Å². The maximum absolute atomic E-state index is 12.1. The van der Waals surface area contributed by atoms with Gasteiger partial charge in [0.2, 0.25) is 5.91 Å². The highest BCUT2D eigenvalue weighted by Gasteiger charge is 2.31. The first-order valence-electron chi connectivity index (χ1n) is 6.93. The van der Waals surface area contributed by atoms with Crippen LogP contribution in [0.2, 0.25) is 0 Å². The molecule has 0 saturated carbocycles. The highest BCUT2D eigenvalue weighted by molar-refractivity contribution is 8.76. The fourth-order valence-corrected chi connectivity index (χ4v) is 4.38. The van der Waals surface area contributed by atoms with Crippen molar-refractivity contribution in [2.24, 2.45) is 11.7 Å². The van der Waals surface area contributed by atoms with Gasteiger partial charge in [-0.3, -0.25) is 4.79 Å². The van der Waals surface area contributed by atoms with E-state index < -0.39 is 0 Å². The van der Waals surface area contributed by atoms with Crippen LogP contribution < -0.4 is 5.73 Å². The average Bonchev–Trinajstić information content (AvgIpc) is 2.74. The van der Waals surface area contributed by atoms with Gasteiger partial charge in [-0.1, -0.05) is 35.4 Å². The van der Waals surface area contributed by atoms with Crippen LogP contribution in [0, 0.1) is 5.92 Å². The smallest absolute Gasteiger partial charge is 0.222 e. The molecular formula is C13H26N2OS2. The first-order chi connectivity index (χ1) is 8.69. The summed E-state index contributed by atoms with van der Waals surface area (Å²) in [5.74, 6) is 3.08. The lowest BCUT2D eigenvalue weighted by atomic mass is 10.1. The molecule has 106 valence electrons. The van der Waals surface area contributed by atoms with E-state index in [9.17, 15) is 4.79 Å². The lowest BCUT2D eigenvalue weighted by Crippen LogP contribution is -2.35. The fourth-order valence-electron chi connectivity index (χ4n) is 2.44. The first kappa shape index (κ1) is 16.2. The number of hydrogen-bond donors (Lipinski definition) is 1. The van der Waals surface area contributed by atoms with E-state index in [1.807, 2.05) is 21.6 Å². The second-order valence-corrected chi connectivity index (χ2v) is 7.69. The molecule has 2 atom stereocenters. The van der Waals surface area contributed by atoms with Crippen LogP contribution in [0.5, 0.6) is 0 Å². The number of hydrogen-bond acceptors (Lipinski definition) is 4. The van der Waals surface area contributed by atoms with Crippen molar-refractivity contribution in [1.29, 1.82) is 0 Å². The molecule has 1 rings (SSSR count). The summed E-state index contributed by atoms with van der Waals surface area (Å²) >= 11 is 0. The van der Waals surface area contributed by atoms with Crippen molar-refractivity contribution in [1.82, 2.24) is 4.90 Å². The van der Waals surface area contributed by atoms with Crippen LogP contribution in [-0.2, 0) is 4.79 Å². The standard InChI is InChI=1S/C13H26N2OS2/c1-3-12-9-11(2)10-15(12)13(16)5-4-7-17-18-8-6-14/h11-12H,3-10,14H2,1-2H3/t11-,12-/m1/s1. The summed E-state index contributed by atoms with van der Waals surface area (Å²) in [5, 5.41) is 0. The number of amides is 1. The Morgan fingerprint density at radius 2 is 2.11 bits per heavy atom. The Balaban J connectivity index is 2.16. The molecule has 0 radical (unpaired) electrons. The predicted molar refractivity (Wildman–Crippen MR) is 82.8 cm³/mol. The van der Waals surface area contributed by atoms with E-state index in [1.165, 1.54) is 6.42 Å². The Bertz CT molecular complexity index is 251. The summed E-state index contributed by atoms with van der Waals surface area (Å²) in [7, 11) is 3.64. The summed E-state index contributed by atoms with van der Waals surface area (Å²) < 4.78 is 0. The largest absolute Gasteiger partial charge is 0.339 e. The molecule has 0 unspecified atom stereocenters. The third-order valence-electron chi connectivity index (χ3n) is 3.32. The van der Waals surface area contributed by atoms with E-state index >= 15 is 0 Å². The highest BCUT2D eigenvalue weighted by atomic mass is 33.1. The maximum Gasteiger partial charge on any atom is 0.222 e. The van der Waals surface area contributed by atoms with E-state index in [-0.39, 0.29) is 0 Å². The van der Waals surface area contributed by atoms with Crippen LogP contribution in [0.4, 0.5) is 0 Å². The van der Waals surface area contributed by atoms with Crippen LogP contribution in [0.3, 0.4) is 0 Å². The Labute approximate surface area is 119 Å². The number of rotatable bonds is 8. The molecule has 0 aliphatic carbocycles. The number of nitrogens with two attached hydrogens (primary N) is 1. The van der Waals surface area contributed by atoms with Gasteiger partial charge in [0, 0.05) is 37.1 Å². The van der Waals surface area contributed by atoms with Gasteiger partial charge >= 0.3 is 0 Å². The number of likely N-dealkylation sites (tertiary alicyclic amines) is 1. The molecule has 1 heterocycles. The first-order valence-corrected chi connectivity index (χ1v) is 9.41. The minimum Gasteiger partial charge on any atom is -0.339 e. The van der Waals surface area contributed by atoms with Gasteiger partial charge in [0.05, 0.1) is 0 Å². The Hall–Kier alpha value is 0.130. The predicted octanol–water partition coefficient (Wildman–Crippen LogP) is 2.75. The molecule has 0 spiro atoms. The molecule has 1 amide bonds. The summed E-state index contributed by atoms with van der Waals surface area (Å²) in [4.78, 5) is 14.3. The third kappa shape index (κ3) is 5.41. The minimum absolute atomic E-state index is 0.357. The zero-order chi connectivity index (χ0) is 13.4. The normalized spacial score (nSPS) is 23.6. The fraction of sp³-hybridized carbons (Fsp3) is 0.923. The van der Waals surface area contributed by atoms with Crippen molar-refractivity contribution in [3.63, 3.8) is 0 Å². The lowest BCUT2D eigenvalue weighted by Gasteiger charge is -2.23. The molecule has 1 aliphatic heterocycles. The second-order valence-electron chi connectivity index (χ2n) is 4.99. The Morgan fingerprint density at radius 3 is 2.78 bits per heavy atom. The zero-order valence-electron chi connectivity index (χ0n) is 11.6. The zero-order valence-corrected chi connectivity index (χ0v) is 13.2. The van der Waals surface area contributed by atoms with Gasteiger partial charge in [-0.15, -0.1) is 0 Å². The van der Waals surface area contributed by atoms with Crippen LogP contribution in [0.15, 0.2) is 0 Å². The Morgan fingerprint density at radius 1 is 1.39 bits per heavy atom. The maximum atomic E-state index is 12.1. The van der Waals surface area contributed by atoms with Crippen molar-refractivity contribution in [2.45, 2.75) is 45.6 Å². The number of carbonyl (C=O) groups is 1. The summed E-state index contributed by atoms with van der Waals surface area (Å²) in [5.41, 5.74) is 5.42. The van der Waals surface area contributed by atoms with Crippen LogP contribution in [0.25, 0.3) is 0 Å². The third-order valence-corrected chi connectivity index (χ3v) is 5.84. The van der Waals surface area contributed by atoms with Crippen molar-refractivity contribution in [2.75, 3.05) is 24.6 Å². The summed E-state index contributed by atoms with van der Waals surface area (Å²) in [6.45, 7) is 6.13. The summed E-state index contributed by atoms with van der Waals surface area (Å²) in [6, 6.07) is 0.492. The van der Waals surface area contributed by atoms with E-state index in [1.54, 1.807) is 0 Å². The van der Waals surface area contributed by atoms with Crippen LogP contribution >= 0.6 is 21.6 Å². The van der Waals surface area contributed by atoms with Gasteiger partial charge in [-0.05, 0) is 25.2 Å². The molecule has 2 N–H and O–H groups in total. The molecule has 5 heteroatoms. The summed E-state index contributed by atoms with van der Waals surface area (Å²) in [6.07, 6.45) is 3.97. The highest BCUT2D eigenvalue weighted by Crippen LogP contribution is 2.26. The van der Waals surface area contributed by atoms with Crippen molar-refractivity contribution >= 4 is 27.5 Å². The molecule has 1 saturated heterocycles. The van der Waals surface area contributed by atoms with Gasteiger partial charge in [0.25, 0.3) is 0 Å². The lowest BCUT2D eigenvalue weighted by molar-refractivity contribution is -0.132. The quantitative estimate of drug-likeness (QED) is 0.551. The molecule has 3 nitrogen and oxygen atoms in total. The van der Waals surface area contributed by atoms with Gasteiger partial charge in [-0.25, -0.2) is 0 Å². The second kappa shape index (κ2) is 9.10. The van der Waals surface area contributed by atoms with E-state index in [2.05, 4.69) is 18.7 Å². The molecule has 1 fully saturated rings. The van der Waals surface area contributed by atoms with Gasteiger partial charge in [-0.2, -0.15) is 0 Å². The van der Waals surface area contributed by atoms with Gasteiger partial charge in [0.1, 0.15) is 0 Å². The molecule has 0 aromatic carbocycles.